The molecule has 0 radical (unpaired) electrons. The molecule has 0 aliphatic carbocycles. The van der Waals surface area contributed by atoms with Crippen LogP contribution in [0, 0.1) is 19.8 Å². The molecular formula is C32H39N3O3S. The van der Waals surface area contributed by atoms with Crippen LogP contribution in [-0.2, 0) is 22.0 Å². The largest absolute Gasteiger partial charge is 0.351 e. The van der Waals surface area contributed by atoms with Gasteiger partial charge < -0.3 is 9.88 Å². The Hall–Kier alpha value is -3.58. The number of nitrogens with one attached hydrogen (secondary N) is 2. The quantitative estimate of drug-likeness (QED) is 0.256. The fourth-order valence-electron chi connectivity index (χ4n) is 4.57. The first-order chi connectivity index (χ1) is 18.2. The molecule has 0 aliphatic rings. The van der Waals surface area contributed by atoms with Crippen LogP contribution in [0.2, 0.25) is 0 Å². The van der Waals surface area contributed by atoms with Crippen LogP contribution < -0.4 is 10.0 Å². The van der Waals surface area contributed by atoms with Gasteiger partial charge in [0.05, 0.1) is 4.90 Å². The fourth-order valence-corrected chi connectivity index (χ4v) is 5.62. The summed E-state index contributed by atoms with van der Waals surface area (Å²) in [6.45, 7) is 15.6. The fraction of sp³-hybridized carbons (Fsp3) is 0.344. The number of nitrogens with zero attached hydrogens (tertiary/aromatic N) is 1. The minimum atomic E-state index is -3.78. The van der Waals surface area contributed by atoms with E-state index in [1.165, 1.54) is 0 Å². The van der Waals surface area contributed by atoms with E-state index in [0.717, 1.165) is 33.2 Å². The SMILES string of the molecule is Cc1ccc(C)c(Cn2c(C(=O)NCC(C)C)cc3cc(NS(=O)(=O)c4ccc(C(C)(C)C)cc4)ccc32)c1. The van der Waals surface area contributed by atoms with Gasteiger partial charge in [0.25, 0.3) is 15.9 Å². The molecule has 7 heteroatoms. The molecule has 0 bridgehead atoms. The van der Waals surface area contributed by atoms with Crippen molar-refractivity contribution in [2.45, 2.75) is 65.3 Å². The molecule has 1 aromatic heterocycles. The molecular weight excluding hydrogens is 506 g/mol. The van der Waals surface area contributed by atoms with Crippen LogP contribution in [0.3, 0.4) is 0 Å². The molecule has 39 heavy (non-hydrogen) atoms. The second-order valence-corrected chi connectivity index (χ2v) is 13.5. The van der Waals surface area contributed by atoms with Crippen molar-refractivity contribution in [2.75, 3.05) is 11.3 Å². The summed E-state index contributed by atoms with van der Waals surface area (Å²) in [5.41, 5.74) is 6.30. The first-order valence-corrected chi connectivity index (χ1v) is 14.8. The number of sulfonamides is 1. The van der Waals surface area contributed by atoms with Gasteiger partial charge in [0, 0.05) is 29.7 Å². The molecule has 0 spiro atoms. The van der Waals surface area contributed by atoms with E-state index in [1.807, 2.05) is 28.8 Å². The number of carbonyl (C=O) groups is 1. The maximum absolute atomic E-state index is 13.2. The first kappa shape index (κ1) is 28.4. The van der Waals surface area contributed by atoms with E-state index in [4.69, 9.17) is 0 Å². The zero-order chi connectivity index (χ0) is 28.5. The Morgan fingerprint density at radius 2 is 1.62 bits per heavy atom. The van der Waals surface area contributed by atoms with Crippen LogP contribution in [0.15, 0.2) is 71.6 Å². The summed E-state index contributed by atoms with van der Waals surface area (Å²) in [7, 11) is -3.78. The molecule has 206 valence electrons. The number of carbonyl (C=O) groups excluding carboxylic acids is 1. The normalized spacial score (nSPS) is 12.2. The Morgan fingerprint density at radius 3 is 2.26 bits per heavy atom. The zero-order valence-electron chi connectivity index (χ0n) is 23.9. The van der Waals surface area contributed by atoms with Crippen molar-refractivity contribution in [3.05, 3.63) is 94.7 Å². The molecule has 0 saturated heterocycles. The van der Waals surface area contributed by atoms with E-state index < -0.39 is 10.0 Å². The highest BCUT2D eigenvalue weighted by Gasteiger charge is 2.20. The van der Waals surface area contributed by atoms with E-state index in [2.05, 4.69) is 76.7 Å². The average Bonchev–Trinajstić information content (AvgIpc) is 3.21. The number of hydrogen-bond acceptors (Lipinski definition) is 3. The van der Waals surface area contributed by atoms with Gasteiger partial charge in [-0.2, -0.15) is 0 Å². The van der Waals surface area contributed by atoms with E-state index in [-0.39, 0.29) is 16.2 Å². The Labute approximate surface area is 232 Å². The van der Waals surface area contributed by atoms with Gasteiger partial charge in [-0.3, -0.25) is 9.52 Å². The lowest BCUT2D eigenvalue weighted by Gasteiger charge is -2.19. The molecule has 1 amide bonds. The lowest BCUT2D eigenvalue weighted by Crippen LogP contribution is -2.29. The average molecular weight is 546 g/mol. The number of aryl methyl sites for hydroxylation is 2. The number of anilines is 1. The Morgan fingerprint density at radius 1 is 0.923 bits per heavy atom. The Kier molecular flexibility index (Phi) is 7.94. The third kappa shape index (κ3) is 6.53. The van der Waals surface area contributed by atoms with Gasteiger partial charge >= 0.3 is 0 Å². The maximum atomic E-state index is 13.2. The summed E-state index contributed by atoms with van der Waals surface area (Å²) in [5.74, 6) is 0.176. The number of benzene rings is 3. The number of fused-ring (bicyclic) bond motifs is 1. The molecule has 4 rings (SSSR count). The highest BCUT2D eigenvalue weighted by molar-refractivity contribution is 7.92. The monoisotopic (exact) mass is 545 g/mol. The molecule has 0 saturated carbocycles. The predicted octanol–water partition coefficient (Wildman–Crippen LogP) is 6.79. The molecule has 3 aromatic carbocycles. The molecule has 0 fully saturated rings. The number of aromatic nitrogens is 1. The molecule has 0 atom stereocenters. The number of amides is 1. The van der Waals surface area contributed by atoms with Gasteiger partial charge in [0.2, 0.25) is 0 Å². The minimum Gasteiger partial charge on any atom is -0.351 e. The van der Waals surface area contributed by atoms with Gasteiger partial charge in [0.15, 0.2) is 0 Å². The molecule has 1 heterocycles. The second kappa shape index (κ2) is 10.9. The van der Waals surface area contributed by atoms with E-state index >= 15 is 0 Å². The highest BCUT2D eigenvalue weighted by atomic mass is 32.2. The van der Waals surface area contributed by atoms with Crippen molar-refractivity contribution in [3.63, 3.8) is 0 Å². The van der Waals surface area contributed by atoms with Crippen LogP contribution in [0.4, 0.5) is 5.69 Å². The molecule has 0 aliphatic heterocycles. The van der Waals surface area contributed by atoms with Crippen LogP contribution in [-0.4, -0.2) is 25.4 Å². The molecule has 2 N–H and O–H groups in total. The van der Waals surface area contributed by atoms with Crippen molar-refractivity contribution >= 4 is 32.5 Å². The lowest BCUT2D eigenvalue weighted by molar-refractivity contribution is 0.0940. The first-order valence-electron chi connectivity index (χ1n) is 13.4. The summed E-state index contributed by atoms with van der Waals surface area (Å²) in [4.78, 5) is 13.4. The molecule has 0 unspecified atom stereocenters. The molecule has 6 nitrogen and oxygen atoms in total. The van der Waals surface area contributed by atoms with Crippen LogP contribution in [0.25, 0.3) is 10.9 Å². The van der Waals surface area contributed by atoms with E-state index in [0.29, 0.717) is 30.4 Å². The van der Waals surface area contributed by atoms with Crippen LogP contribution in [0.1, 0.15) is 67.4 Å². The van der Waals surface area contributed by atoms with Crippen molar-refractivity contribution in [1.82, 2.24) is 9.88 Å². The zero-order valence-corrected chi connectivity index (χ0v) is 24.7. The Balaban J connectivity index is 1.70. The second-order valence-electron chi connectivity index (χ2n) is 11.8. The third-order valence-electron chi connectivity index (χ3n) is 6.92. The summed E-state index contributed by atoms with van der Waals surface area (Å²) in [5, 5.41) is 3.82. The third-order valence-corrected chi connectivity index (χ3v) is 8.32. The van der Waals surface area contributed by atoms with Gasteiger partial charge in [-0.25, -0.2) is 8.42 Å². The van der Waals surface area contributed by atoms with Crippen molar-refractivity contribution < 1.29 is 13.2 Å². The van der Waals surface area contributed by atoms with Gasteiger partial charge in [-0.15, -0.1) is 0 Å². The highest BCUT2D eigenvalue weighted by Crippen LogP contribution is 2.28. The predicted molar refractivity (Wildman–Crippen MR) is 160 cm³/mol. The summed E-state index contributed by atoms with van der Waals surface area (Å²) < 4.78 is 31.0. The van der Waals surface area contributed by atoms with Crippen LogP contribution in [0.5, 0.6) is 0 Å². The van der Waals surface area contributed by atoms with E-state index in [9.17, 15) is 13.2 Å². The van der Waals surface area contributed by atoms with Gasteiger partial charge in [-0.05, 0) is 78.3 Å². The summed E-state index contributed by atoms with van der Waals surface area (Å²) >= 11 is 0. The topological polar surface area (TPSA) is 80.2 Å². The van der Waals surface area contributed by atoms with Crippen molar-refractivity contribution in [1.29, 1.82) is 0 Å². The minimum absolute atomic E-state index is 0.0654. The lowest BCUT2D eigenvalue weighted by atomic mass is 9.87. The van der Waals surface area contributed by atoms with Crippen LogP contribution >= 0.6 is 0 Å². The van der Waals surface area contributed by atoms with Gasteiger partial charge in [-0.1, -0.05) is 70.5 Å². The maximum Gasteiger partial charge on any atom is 0.267 e. The number of hydrogen-bond donors (Lipinski definition) is 2. The smallest absolute Gasteiger partial charge is 0.267 e. The van der Waals surface area contributed by atoms with Gasteiger partial charge in [0.1, 0.15) is 5.69 Å². The van der Waals surface area contributed by atoms with Crippen molar-refractivity contribution in [3.8, 4) is 0 Å². The summed E-state index contributed by atoms with van der Waals surface area (Å²) in [6, 6.07) is 20.6. The van der Waals surface area contributed by atoms with E-state index in [1.54, 1.807) is 24.3 Å². The Bertz CT molecular complexity index is 1610. The summed E-state index contributed by atoms with van der Waals surface area (Å²) in [6.07, 6.45) is 0. The molecule has 4 aromatic rings. The number of rotatable bonds is 8. The standard InChI is InChI=1S/C32H39N3O3S/c1-21(2)19-33-31(36)30-18-24-17-27(34-39(37,38)28-13-10-26(11-14-28)32(5,6)7)12-15-29(24)35(30)20-25-16-22(3)8-9-23(25)4/h8-18,21,34H,19-20H2,1-7H3,(H,33,36). The van der Waals surface area contributed by atoms with Crippen molar-refractivity contribution in [2.24, 2.45) is 5.92 Å².